The first-order chi connectivity index (χ1) is 8.72. The molecule has 1 N–H and O–H groups in total. The normalized spacial score (nSPS) is 9.78. The van der Waals surface area contributed by atoms with E-state index < -0.39 is 0 Å². The Hall–Kier alpha value is -2.54. The number of pyridine rings is 1. The lowest BCUT2D eigenvalue weighted by molar-refractivity contribution is 0.855. The third kappa shape index (κ3) is 2.41. The quantitative estimate of drug-likeness (QED) is 0.889. The van der Waals surface area contributed by atoms with Crippen molar-refractivity contribution in [3.05, 3.63) is 64.1 Å². The molecule has 0 spiro atoms. The SMILES string of the molecule is Cn1ccc(NCc2ccccc2)c(C#N)c1=O. The lowest BCUT2D eigenvalue weighted by Gasteiger charge is -2.08. The highest BCUT2D eigenvalue weighted by atomic mass is 16.1. The summed E-state index contributed by atoms with van der Waals surface area (Å²) in [6.45, 7) is 0.586. The van der Waals surface area contributed by atoms with Crippen molar-refractivity contribution < 1.29 is 0 Å². The minimum Gasteiger partial charge on any atom is -0.380 e. The van der Waals surface area contributed by atoms with Gasteiger partial charge in [-0.05, 0) is 11.6 Å². The highest BCUT2D eigenvalue weighted by Crippen LogP contribution is 2.11. The van der Waals surface area contributed by atoms with Crippen molar-refractivity contribution in [2.45, 2.75) is 6.54 Å². The molecule has 4 heteroatoms. The molecule has 0 bridgehead atoms. The largest absolute Gasteiger partial charge is 0.380 e. The van der Waals surface area contributed by atoms with Crippen molar-refractivity contribution in [1.82, 2.24) is 4.57 Å². The second-order valence-electron chi connectivity index (χ2n) is 3.97. The summed E-state index contributed by atoms with van der Waals surface area (Å²) in [7, 11) is 1.63. The number of hydrogen-bond donors (Lipinski definition) is 1. The van der Waals surface area contributed by atoms with Gasteiger partial charge in [-0.2, -0.15) is 5.26 Å². The highest BCUT2D eigenvalue weighted by Gasteiger charge is 2.07. The molecule has 0 saturated heterocycles. The lowest BCUT2D eigenvalue weighted by Crippen LogP contribution is -2.20. The van der Waals surface area contributed by atoms with Gasteiger partial charge in [0.25, 0.3) is 5.56 Å². The Bertz CT molecular complexity index is 638. The van der Waals surface area contributed by atoms with Crippen molar-refractivity contribution in [3.63, 3.8) is 0 Å². The van der Waals surface area contributed by atoms with Crippen LogP contribution in [0.15, 0.2) is 47.4 Å². The van der Waals surface area contributed by atoms with Gasteiger partial charge >= 0.3 is 0 Å². The van der Waals surface area contributed by atoms with Crippen LogP contribution in [0.4, 0.5) is 5.69 Å². The number of aryl methyl sites for hydroxylation is 1. The standard InChI is InChI=1S/C14H13N3O/c1-17-8-7-13(12(9-15)14(17)18)16-10-11-5-3-2-4-6-11/h2-8,16H,10H2,1H3. The summed E-state index contributed by atoms with van der Waals surface area (Å²) in [4.78, 5) is 11.7. The van der Waals surface area contributed by atoms with Crippen LogP contribution in [0.3, 0.4) is 0 Å². The van der Waals surface area contributed by atoms with Gasteiger partial charge in [0, 0.05) is 19.8 Å². The first-order valence-electron chi connectivity index (χ1n) is 5.60. The van der Waals surface area contributed by atoms with E-state index >= 15 is 0 Å². The molecular weight excluding hydrogens is 226 g/mol. The molecule has 0 amide bonds. The topological polar surface area (TPSA) is 57.8 Å². The van der Waals surface area contributed by atoms with Crippen LogP contribution in [0.1, 0.15) is 11.1 Å². The molecule has 90 valence electrons. The Balaban J connectivity index is 2.23. The van der Waals surface area contributed by atoms with E-state index in [4.69, 9.17) is 5.26 Å². The first kappa shape index (κ1) is 11.9. The summed E-state index contributed by atoms with van der Waals surface area (Å²) in [5, 5.41) is 12.1. The molecule has 0 saturated carbocycles. The Labute approximate surface area is 105 Å². The molecule has 0 fully saturated rings. The summed E-state index contributed by atoms with van der Waals surface area (Å²) in [6.07, 6.45) is 1.65. The molecule has 0 radical (unpaired) electrons. The third-order valence-electron chi connectivity index (χ3n) is 2.71. The van der Waals surface area contributed by atoms with Gasteiger partial charge in [0.2, 0.25) is 0 Å². The number of nitriles is 1. The van der Waals surface area contributed by atoms with E-state index in [1.165, 1.54) is 4.57 Å². The zero-order chi connectivity index (χ0) is 13.0. The maximum absolute atomic E-state index is 11.7. The third-order valence-corrected chi connectivity index (χ3v) is 2.71. The highest BCUT2D eigenvalue weighted by molar-refractivity contribution is 5.56. The fourth-order valence-corrected chi connectivity index (χ4v) is 1.68. The van der Waals surface area contributed by atoms with Crippen LogP contribution in [0.2, 0.25) is 0 Å². The molecule has 0 aliphatic rings. The maximum Gasteiger partial charge on any atom is 0.270 e. The van der Waals surface area contributed by atoms with Crippen LogP contribution >= 0.6 is 0 Å². The number of benzene rings is 1. The van der Waals surface area contributed by atoms with E-state index in [0.717, 1.165) is 5.56 Å². The molecule has 1 heterocycles. The van der Waals surface area contributed by atoms with Gasteiger partial charge in [0.1, 0.15) is 11.6 Å². The van der Waals surface area contributed by atoms with Crippen molar-refractivity contribution in [3.8, 4) is 6.07 Å². The summed E-state index contributed by atoms with van der Waals surface area (Å²) in [5.41, 5.74) is 1.54. The molecule has 0 aliphatic heterocycles. The minimum absolute atomic E-state index is 0.149. The minimum atomic E-state index is -0.282. The zero-order valence-electron chi connectivity index (χ0n) is 10.1. The predicted octanol–water partition coefficient (Wildman–Crippen LogP) is 1.87. The van der Waals surface area contributed by atoms with Gasteiger partial charge < -0.3 is 9.88 Å². The second-order valence-corrected chi connectivity index (χ2v) is 3.97. The van der Waals surface area contributed by atoms with Crippen molar-refractivity contribution in [1.29, 1.82) is 5.26 Å². The van der Waals surface area contributed by atoms with E-state index in [9.17, 15) is 4.79 Å². The molecular formula is C14H13N3O. The number of anilines is 1. The molecule has 0 unspecified atom stereocenters. The monoisotopic (exact) mass is 239 g/mol. The molecule has 0 aliphatic carbocycles. The number of rotatable bonds is 3. The predicted molar refractivity (Wildman–Crippen MR) is 70.2 cm³/mol. The smallest absolute Gasteiger partial charge is 0.270 e. The number of nitrogens with one attached hydrogen (secondary N) is 1. The summed E-state index contributed by atoms with van der Waals surface area (Å²) in [6, 6.07) is 13.5. The van der Waals surface area contributed by atoms with Crippen LogP contribution in [-0.4, -0.2) is 4.57 Å². The van der Waals surface area contributed by atoms with Gasteiger partial charge in [0.15, 0.2) is 0 Å². The van der Waals surface area contributed by atoms with E-state index in [-0.39, 0.29) is 11.1 Å². The average molecular weight is 239 g/mol. The lowest BCUT2D eigenvalue weighted by atomic mass is 10.2. The Morgan fingerprint density at radius 2 is 2.00 bits per heavy atom. The average Bonchev–Trinajstić information content (AvgIpc) is 2.41. The van der Waals surface area contributed by atoms with Crippen molar-refractivity contribution >= 4 is 5.69 Å². The van der Waals surface area contributed by atoms with E-state index in [2.05, 4.69) is 5.32 Å². The van der Waals surface area contributed by atoms with E-state index in [0.29, 0.717) is 12.2 Å². The van der Waals surface area contributed by atoms with Crippen LogP contribution in [0.25, 0.3) is 0 Å². The molecule has 0 atom stereocenters. The Morgan fingerprint density at radius 3 is 2.67 bits per heavy atom. The van der Waals surface area contributed by atoms with Crippen LogP contribution in [-0.2, 0) is 13.6 Å². The molecule has 18 heavy (non-hydrogen) atoms. The van der Waals surface area contributed by atoms with Crippen molar-refractivity contribution in [2.24, 2.45) is 7.05 Å². The van der Waals surface area contributed by atoms with Gasteiger partial charge in [-0.1, -0.05) is 30.3 Å². The number of aromatic nitrogens is 1. The maximum atomic E-state index is 11.7. The van der Waals surface area contributed by atoms with E-state index in [1.807, 2.05) is 36.4 Å². The Kier molecular flexibility index (Phi) is 3.44. The summed E-state index contributed by atoms with van der Waals surface area (Å²) >= 11 is 0. The van der Waals surface area contributed by atoms with Crippen LogP contribution in [0, 0.1) is 11.3 Å². The molecule has 2 aromatic rings. The van der Waals surface area contributed by atoms with Crippen LogP contribution in [0.5, 0.6) is 0 Å². The van der Waals surface area contributed by atoms with Gasteiger partial charge in [-0.15, -0.1) is 0 Å². The first-order valence-corrected chi connectivity index (χ1v) is 5.60. The van der Waals surface area contributed by atoms with Gasteiger partial charge in [-0.3, -0.25) is 4.79 Å². The zero-order valence-corrected chi connectivity index (χ0v) is 10.1. The summed E-state index contributed by atoms with van der Waals surface area (Å²) < 4.78 is 1.40. The van der Waals surface area contributed by atoms with Crippen molar-refractivity contribution in [2.75, 3.05) is 5.32 Å². The molecule has 4 nitrogen and oxygen atoms in total. The van der Waals surface area contributed by atoms with Crippen LogP contribution < -0.4 is 10.9 Å². The fraction of sp³-hybridized carbons (Fsp3) is 0.143. The van der Waals surface area contributed by atoms with Gasteiger partial charge in [0.05, 0.1) is 5.69 Å². The molecule has 1 aromatic carbocycles. The fourth-order valence-electron chi connectivity index (χ4n) is 1.68. The Morgan fingerprint density at radius 1 is 1.28 bits per heavy atom. The number of nitrogens with zero attached hydrogens (tertiary/aromatic N) is 2. The second kappa shape index (κ2) is 5.19. The molecule has 1 aromatic heterocycles. The van der Waals surface area contributed by atoms with E-state index in [1.54, 1.807) is 19.3 Å². The summed E-state index contributed by atoms with van der Waals surface area (Å²) in [5.74, 6) is 0. The number of hydrogen-bond acceptors (Lipinski definition) is 3. The van der Waals surface area contributed by atoms with Gasteiger partial charge in [-0.25, -0.2) is 0 Å². The molecule has 2 rings (SSSR count).